The van der Waals surface area contributed by atoms with E-state index in [0.717, 1.165) is 17.5 Å². The summed E-state index contributed by atoms with van der Waals surface area (Å²) in [4.78, 5) is 27.8. The number of nitrogens with zero attached hydrogens (tertiary/aromatic N) is 1. The van der Waals surface area contributed by atoms with Crippen LogP contribution in [-0.2, 0) is 16.0 Å². The number of benzene rings is 2. The SMILES string of the molecule is CCCNC(=O)[C@H]1CN(C(=O)Cc2ccccc2)C[C@@H]1c1cc(OC)c(OC)c(OC)c1. The van der Waals surface area contributed by atoms with Gasteiger partial charge in [-0.2, -0.15) is 0 Å². The van der Waals surface area contributed by atoms with E-state index in [-0.39, 0.29) is 23.7 Å². The fraction of sp³-hybridized carbons (Fsp3) is 0.440. The van der Waals surface area contributed by atoms with Crippen molar-refractivity contribution in [3.63, 3.8) is 0 Å². The number of likely N-dealkylation sites (tertiary alicyclic amines) is 1. The lowest BCUT2D eigenvalue weighted by molar-refractivity contribution is -0.130. The average molecular weight is 441 g/mol. The topological polar surface area (TPSA) is 77.1 Å². The number of hydrogen-bond acceptors (Lipinski definition) is 5. The number of ether oxygens (including phenoxy) is 3. The molecule has 1 saturated heterocycles. The van der Waals surface area contributed by atoms with E-state index in [9.17, 15) is 9.59 Å². The molecule has 0 radical (unpaired) electrons. The number of methoxy groups -OCH3 is 3. The second-order valence-electron chi connectivity index (χ2n) is 7.92. The van der Waals surface area contributed by atoms with Gasteiger partial charge in [0.25, 0.3) is 0 Å². The number of carbonyl (C=O) groups is 2. The van der Waals surface area contributed by atoms with Crippen molar-refractivity contribution in [2.75, 3.05) is 41.0 Å². The molecule has 0 bridgehead atoms. The summed E-state index contributed by atoms with van der Waals surface area (Å²) < 4.78 is 16.4. The van der Waals surface area contributed by atoms with Crippen molar-refractivity contribution in [2.24, 2.45) is 5.92 Å². The summed E-state index contributed by atoms with van der Waals surface area (Å²) in [7, 11) is 4.69. The summed E-state index contributed by atoms with van der Waals surface area (Å²) in [6, 6.07) is 13.4. The molecule has 32 heavy (non-hydrogen) atoms. The molecule has 0 aromatic heterocycles. The molecule has 2 aromatic carbocycles. The quantitative estimate of drug-likeness (QED) is 0.649. The van der Waals surface area contributed by atoms with Crippen molar-refractivity contribution in [3.05, 3.63) is 53.6 Å². The first kappa shape index (κ1) is 23.4. The van der Waals surface area contributed by atoms with E-state index < -0.39 is 0 Å². The van der Waals surface area contributed by atoms with Crippen LogP contribution in [0.2, 0.25) is 0 Å². The van der Waals surface area contributed by atoms with Gasteiger partial charge in [-0.25, -0.2) is 0 Å². The molecule has 3 rings (SSSR count). The summed E-state index contributed by atoms with van der Waals surface area (Å²) in [6.45, 7) is 3.45. The van der Waals surface area contributed by atoms with Gasteiger partial charge in [0.1, 0.15) is 0 Å². The minimum absolute atomic E-state index is 0.0134. The molecule has 0 saturated carbocycles. The van der Waals surface area contributed by atoms with Gasteiger partial charge in [0.05, 0.1) is 33.7 Å². The fourth-order valence-electron chi connectivity index (χ4n) is 4.19. The Labute approximate surface area is 189 Å². The zero-order valence-electron chi connectivity index (χ0n) is 19.2. The molecule has 2 atom stereocenters. The van der Waals surface area contributed by atoms with Crippen molar-refractivity contribution in [3.8, 4) is 17.2 Å². The molecule has 7 nitrogen and oxygen atoms in total. The highest BCUT2D eigenvalue weighted by Gasteiger charge is 2.40. The summed E-state index contributed by atoms with van der Waals surface area (Å²) in [5, 5.41) is 3.00. The van der Waals surface area contributed by atoms with Gasteiger partial charge in [-0.1, -0.05) is 37.3 Å². The van der Waals surface area contributed by atoms with Crippen LogP contribution in [0.4, 0.5) is 0 Å². The van der Waals surface area contributed by atoms with Gasteiger partial charge in [-0.15, -0.1) is 0 Å². The number of nitrogens with one attached hydrogen (secondary N) is 1. The van der Waals surface area contributed by atoms with Crippen LogP contribution in [0.5, 0.6) is 17.2 Å². The summed E-state index contributed by atoms with van der Waals surface area (Å²) in [6.07, 6.45) is 1.16. The summed E-state index contributed by atoms with van der Waals surface area (Å²) in [5.41, 5.74) is 1.84. The zero-order valence-corrected chi connectivity index (χ0v) is 19.2. The second-order valence-corrected chi connectivity index (χ2v) is 7.92. The van der Waals surface area contributed by atoms with E-state index in [4.69, 9.17) is 14.2 Å². The normalized spacial score (nSPS) is 17.7. The Morgan fingerprint density at radius 2 is 1.66 bits per heavy atom. The number of rotatable bonds is 9. The Balaban J connectivity index is 1.90. The molecule has 0 spiro atoms. The van der Waals surface area contributed by atoms with Crippen LogP contribution in [0.1, 0.15) is 30.4 Å². The Bertz CT molecular complexity index is 906. The van der Waals surface area contributed by atoms with E-state index in [1.807, 2.05) is 49.4 Å². The van der Waals surface area contributed by atoms with Crippen LogP contribution in [0, 0.1) is 5.92 Å². The maximum absolute atomic E-state index is 13.0. The van der Waals surface area contributed by atoms with Crippen molar-refractivity contribution in [2.45, 2.75) is 25.7 Å². The van der Waals surface area contributed by atoms with Crippen LogP contribution in [0.3, 0.4) is 0 Å². The van der Waals surface area contributed by atoms with Gasteiger partial charge in [0.15, 0.2) is 11.5 Å². The largest absolute Gasteiger partial charge is 0.493 e. The second kappa shape index (κ2) is 10.9. The van der Waals surface area contributed by atoms with Gasteiger partial charge >= 0.3 is 0 Å². The first-order valence-electron chi connectivity index (χ1n) is 10.9. The van der Waals surface area contributed by atoms with Gasteiger partial charge < -0.3 is 24.4 Å². The molecular weight excluding hydrogens is 408 g/mol. The Hall–Kier alpha value is -3.22. The molecule has 0 aliphatic carbocycles. The highest BCUT2D eigenvalue weighted by Crippen LogP contribution is 2.43. The van der Waals surface area contributed by atoms with Crippen molar-refractivity contribution in [1.82, 2.24) is 10.2 Å². The minimum atomic E-state index is -0.357. The molecule has 0 unspecified atom stereocenters. The van der Waals surface area contributed by atoms with E-state index in [0.29, 0.717) is 43.3 Å². The smallest absolute Gasteiger partial charge is 0.227 e. The molecular formula is C25H32N2O5. The van der Waals surface area contributed by atoms with E-state index in [1.165, 1.54) is 0 Å². The average Bonchev–Trinajstić information content (AvgIpc) is 3.28. The number of hydrogen-bond donors (Lipinski definition) is 1. The first-order chi connectivity index (χ1) is 15.5. The number of carbonyl (C=O) groups excluding carboxylic acids is 2. The van der Waals surface area contributed by atoms with Gasteiger partial charge in [0, 0.05) is 25.6 Å². The molecule has 2 amide bonds. The maximum atomic E-state index is 13.0. The monoisotopic (exact) mass is 440 g/mol. The Morgan fingerprint density at radius 3 is 2.22 bits per heavy atom. The van der Waals surface area contributed by atoms with E-state index >= 15 is 0 Å². The van der Waals surface area contributed by atoms with Gasteiger partial charge in [-0.05, 0) is 29.7 Å². The van der Waals surface area contributed by atoms with E-state index in [1.54, 1.807) is 26.2 Å². The lowest BCUT2D eigenvalue weighted by Gasteiger charge is -2.21. The Kier molecular flexibility index (Phi) is 7.98. The molecule has 1 N–H and O–H groups in total. The molecule has 1 aliphatic heterocycles. The standard InChI is InChI=1S/C25H32N2O5/c1-5-11-26-25(29)20-16-27(23(28)12-17-9-7-6-8-10-17)15-19(20)18-13-21(30-2)24(32-4)22(14-18)31-3/h6-10,13-14,19-20H,5,11-12,15-16H2,1-4H3,(H,26,29)/t19-,20+/m1/s1. The van der Waals surface area contributed by atoms with Gasteiger partial charge in [-0.3, -0.25) is 9.59 Å². The maximum Gasteiger partial charge on any atom is 0.227 e. The van der Waals surface area contributed by atoms with Crippen LogP contribution in [0.15, 0.2) is 42.5 Å². The van der Waals surface area contributed by atoms with Crippen molar-refractivity contribution in [1.29, 1.82) is 0 Å². The number of amides is 2. The highest BCUT2D eigenvalue weighted by molar-refractivity contribution is 5.84. The van der Waals surface area contributed by atoms with Crippen LogP contribution >= 0.6 is 0 Å². The van der Waals surface area contributed by atoms with Crippen LogP contribution in [0.25, 0.3) is 0 Å². The molecule has 1 aliphatic rings. The molecule has 1 heterocycles. The van der Waals surface area contributed by atoms with Crippen LogP contribution < -0.4 is 19.5 Å². The molecule has 2 aromatic rings. The molecule has 7 heteroatoms. The lowest BCUT2D eigenvalue weighted by atomic mass is 9.88. The van der Waals surface area contributed by atoms with Gasteiger partial charge in [0.2, 0.25) is 17.6 Å². The van der Waals surface area contributed by atoms with E-state index in [2.05, 4.69) is 5.32 Å². The molecule has 1 fully saturated rings. The predicted molar refractivity (Wildman–Crippen MR) is 122 cm³/mol. The first-order valence-corrected chi connectivity index (χ1v) is 10.9. The fourth-order valence-corrected chi connectivity index (χ4v) is 4.19. The van der Waals surface area contributed by atoms with Crippen molar-refractivity contribution < 1.29 is 23.8 Å². The minimum Gasteiger partial charge on any atom is -0.493 e. The third-order valence-corrected chi connectivity index (χ3v) is 5.87. The van der Waals surface area contributed by atoms with Crippen LogP contribution in [-0.4, -0.2) is 57.7 Å². The third kappa shape index (κ3) is 5.15. The summed E-state index contributed by atoms with van der Waals surface area (Å²) >= 11 is 0. The third-order valence-electron chi connectivity index (χ3n) is 5.87. The lowest BCUT2D eigenvalue weighted by Crippen LogP contribution is -2.36. The molecule has 172 valence electrons. The predicted octanol–water partition coefficient (Wildman–Crippen LogP) is 3.02. The zero-order chi connectivity index (χ0) is 23.1. The summed E-state index contributed by atoms with van der Waals surface area (Å²) in [5.74, 6) is 0.998. The highest BCUT2D eigenvalue weighted by atomic mass is 16.5. The Morgan fingerprint density at radius 1 is 1.00 bits per heavy atom. The van der Waals surface area contributed by atoms with Crippen molar-refractivity contribution >= 4 is 11.8 Å².